The molecular formula is C13H17N3. The van der Waals surface area contributed by atoms with Crippen LogP contribution in [0.15, 0.2) is 18.3 Å². The van der Waals surface area contributed by atoms with E-state index in [1.165, 1.54) is 37.1 Å². The minimum Gasteiger partial charge on any atom is -0.398 e. The molecule has 0 saturated carbocycles. The zero-order valence-electron chi connectivity index (χ0n) is 9.45. The summed E-state index contributed by atoms with van der Waals surface area (Å²) in [4.78, 5) is 4.70. The lowest BCUT2D eigenvalue weighted by atomic mass is 10.0. The number of hydrogen-bond donors (Lipinski definition) is 1. The SMILES string of the molecule is Nc1ccc2nc3c(n2c1)CCCCCC3. The Morgan fingerprint density at radius 2 is 1.88 bits per heavy atom. The summed E-state index contributed by atoms with van der Waals surface area (Å²) in [7, 11) is 0. The molecule has 3 heteroatoms. The van der Waals surface area contributed by atoms with Crippen molar-refractivity contribution in [2.45, 2.75) is 38.5 Å². The summed E-state index contributed by atoms with van der Waals surface area (Å²) >= 11 is 0. The van der Waals surface area contributed by atoms with Gasteiger partial charge in [-0.2, -0.15) is 0 Å². The van der Waals surface area contributed by atoms with Crippen molar-refractivity contribution < 1.29 is 0 Å². The normalized spacial score (nSPS) is 16.8. The third-order valence-electron chi connectivity index (χ3n) is 3.40. The summed E-state index contributed by atoms with van der Waals surface area (Å²) in [6.07, 6.45) is 9.49. The van der Waals surface area contributed by atoms with Crippen LogP contribution in [-0.4, -0.2) is 9.38 Å². The number of nitrogens with two attached hydrogens (primary N) is 1. The molecule has 0 aromatic carbocycles. The monoisotopic (exact) mass is 215 g/mol. The summed E-state index contributed by atoms with van der Waals surface area (Å²) in [5, 5.41) is 0. The highest BCUT2D eigenvalue weighted by Crippen LogP contribution is 2.22. The number of nitrogen functional groups attached to an aromatic ring is 1. The largest absolute Gasteiger partial charge is 0.398 e. The molecule has 2 heterocycles. The van der Waals surface area contributed by atoms with Gasteiger partial charge in [-0.3, -0.25) is 0 Å². The fourth-order valence-electron chi connectivity index (χ4n) is 2.56. The van der Waals surface area contributed by atoms with Crippen molar-refractivity contribution in [3.63, 3.8) is 0 Å². The number of anilines is 1. The number of nitrogens with zero attached hydrogens (tertiary/aromatic N) is 2. The molecule has 0 spiro atoms. The van der Waals surface area contributed by atoms with Crippen molar-refractivity contribution in [2.24, 2.45) is 0 Å². The highest BCUT2D eigenvalue weighted by atomic mass is 15.0. The van der Waals surface area contributed by atoms with E-state index in [4.69, 9.17) is 10.7 Å². The summed E-state index contributed by atoms with van der Waals surface area (Å²) in [6, 6.07) is 3.94. The first kappa shape index (κ1) is 9.70. The van der Waals surface area contributed by atoms with E-state index in [2.05, 4.69) is 4.40 Å². The van der Waals surface area contributed by atoms with E-state index in [1.54, 1.807) is 0 Å². The van der Waals surface area contributed by atoms with Gasteiger partial charge in [-0.25, -0.2) is 4.98 Å². The van der Waals surface area contributed by atoms with Crippen LogP contribution >= 0.6 is 0 Å². The van der Waals surface area contributed by atoms with Gasteiger partial charge in [-0.1, -0.05) is 12.8 Å². The molecule has 0 bridgehead atoms. The predicted octanol–water partition coefficient (Wildman–Crippen LogP) is 2.58. The number of rotatable bonds is 0. The lowest BCUT2D eigenvalue weighted by molar-refractivity contribution is 0.605. The fraction of sp³-hybridized carbons (Fsp3) is 0.462. The molecule has 0 unspecified atom stereocenters. The Kier molecular flexibility index (Phi) is 2.31. The summed E-state index contributed by atoms with van der Waals surface area (Å²) in [5.74, 6) is 0. The van der Waals surface area contributed by atoms with Gasteiger partial charge >= 0.3 is 0 Å². The average Bonchev–Trinajstić information content (AvgIpc) is 2.55. The van der Waals surface area contributed by atoms with Crippen molar-refractivity contribution in [3.8, 4) is 0 Å². The van der Waals surface area contributed by atoms with Crippen LogP contribution in [-0.2, 0) is 12.8 Å². The van der Waals surface area contributed by atoms with Gasteiger partial charge in [0.25, 0.3) is 0 Å². The smallest absolute Gasteiger partial charge is 0.137 e. The van der Waals surface area contributed by atoms with Gasteiger partial charge in [0.2, 0.25) is 0 Å². The van der Waals surface area contributed by atoms with Crippen molar-refractivity contribution in [1.82, 2.24) is 9.38 Å². The second kappa shape index (κ2) is 3.81. The molecule has 0 amide bonds. The molecule has 84 valence electrons. The zero-order valence-corrected chi connectivity index (χ0v) is 9.45. The second-order valence-electron chi connectivity index (χ2n) is 4.61. The van der Waals surface area contributed by atoms with E-state index < -0.39 is 0 Å². The summed E-state index contributed by atoms with van der Waals surface area (Å²) in [5.41, 5.74) is 10.4. The molecule has 1 aliphatic rings. The van der Waals surface area contributed by atoms with E-state index in [1.807, 2.05) is 18.3 Å². The predicted molar refractivity (Wildman–Crippen MR) is 65.5 cm³/mol. The third-order valence-corrected chi connectivity index (χ3v) is 3.40. The lowest BCUT2D eigenvalue weighted by Gasteiger charge is -2.09. The van der Waals surface area contributed by atoms with Crippen molar-refractivity contribution in [3.05, 3.63) is 29.7 Å². The molecule has 0 fully saturated rings. The van der Waals surface area contributed by atoms with Gasteiger partial charge in [-0.05, 0) is 37.8 Å². The standard InChI is InChI=1S/C13H17N3/c14-10-7-8-13-15-11-5-3-1-2-4-6-12(11)16(13)9-10/h7-9H,1-6,14H2. The molecule has 0 atom stereocenters. The molecule has 2 N–H and O–H groups in total. The minimum atomic E-state index is 0.815. The van der Waals surface area contributed by atoms with Crippen molar-refractivity contribution in [1.29, 1.82) is 0 Å². The quantitative estimate of drug-likeness (QED) is 0.734. The van der Waals surface area contributed by atoms with E-state index >= 15 is 0 Å². The molecule has 2 aromatic rings. The van der Waals surface area contributed by atoms with Gasteiger partial charge in [0, 0.05) is 17.6 Å². The van der Waals surface area contributed by atoms with Gasteiger partial charge in [0.05, 0.1) is 5.69 Å². The fourth-order valence-corrected chi connectivity index (χ4v) is 2.56. The summed E-state index contributed by atoms with van der Waals surface area (Å²) < 4.78 is 2.18. The van der Waals surface area contributed by atoms with Crippen LogP contribution < -0.4 is 5.73 Å². The third kappa shape index (κ3) is 1.56. The number of fused-ring (bicyclic) bond motifs is 3. The molecule has 3 rings (SSSR count). The van der Waals surface area contributed by atoms with E-state index in [-0.39, 0.29) is 0 Å². The highest BCUT2D eigenvalue weighted by Gasteiger charge is 2.13. The van der Waals surface area contributed by atoms with E-state index in [9.17, 15) is 0 Å². The average molecular weight is 215 g/mol. The maximum atomic E-state index is 5.84. The maximum Gasteiger partial charge on any atom is 0.137 e. The molecule has 0 radical (unpaired) electrons. The first-order valence-corrected chi connectivity index (χ1v) is 6.10. The summed E-state index contributed by atoms with van der Waals surface area (Å²) in [6.45, 7) is 0. The van der Waals surface area contributed by atoms with Gasteiger partial charge in [-0.15, -0.1) is 0 Å². The highest BCUT2D eigenvalue weighted by molar-refractivity contribution is 5.50. The number of imidazole rings is 1. The van der Waals surface area contributed by atoms with Crippen LogP contribution in [0.4, 0.5) is 5.69 Å². The Morgan fingerprint density at radius 1 is 1.06 bits per heavy atom. The number of hydrogen-bond acceptors (Lipinski definition) is 2. The number of aromatic nitrogens is 2. The van der Waals surface area contributed by atoms with Crippen LogP contribution in [0.3, 0.4) is 0 Å². The molecular weight excluding hydrogens is 198 g/mol. The first-order chi connectivity index (χ1) is 7.84. The first-order valence-electron chi connectivity index (χ1n) is 6.10. The van der Waals surface area contributed by atoms with Crippen molar-refractivity contribution in [2.75, 3.05) is 5.73 Å². The minimum absolute atomic E-state index is 0.815. The van der Waals surface area contributed by atoms with Crippen LogP contribution in [0.2, 0.25) is 0 Å². The lowest BCUT2D eigenvalue weighted by Crippen LogP contribution is -2.01. The van der Waals surface area contributed by atoms with Crippen LogP contribution in [0.1, 0.15) is 37.1 Å². The van der Waals surface area contributed by atoms with E-state index in [0.29, 0.717) is 0 Å². The molecule has 3 nitrogen and oxygen atoms in total. The Labute approximate surface area is 95.3 Å². The van der Waals surface area contributed by atoms with Crippen molar-refractivity contribution >= 4 is 11.3 Å². The van der Waals surface area contributed by atoms with Gasteiger partial charge in [0.1, 0.15) is 5.65 Å². The van der Waals surface area contributed by atoms with Gasteiger partial charge < -0.3 is 10.1 Å². The molecule has 0 aliphatic heterocycles. The molecule has 16 heavy (non-hydrogen) atoms. The zero-order chi connectivity index (χ0) is 11.0. The topological polar surface area (TPSA) is 43.3 Å². The van der Waals surface area contributed by atoms with E-state index in [0.717, 1.165) is 24.2 Å². The number of aryl methyl sites for hydroxylation is 2. The van der Waals surface area contributed by atoms with Crippen LogP contribution in [0.5, 0.6) is 0 Å². The Hall–Kier alpha value is -1.51. The number of pyridine rings is 1. The molecule has 2 aromatic heterocycles. The molecule has 0 saturated heterocycles. The maximum absolute atomic E-state index is 5.84. The van der Waals surface area contributed by atoms with Crippen LogP contribution in [0, 0.1) is 0 Å². The Balaban J connectivity index is 2.17. The van der Waals surface area contributed by atoms with Gasteiger partial charge in [0.15, 0.2) is 0 Å². The Bertz CT molecular complexity index is 513. The van der Waals surface area contributed by atoms with Crippen LogP contribution in [0.25, 0.3) is 5.65 Å². The second-order valence-corrected chi connectivity index (χ2v) is 4.61. The Morgan fingerprint density at radius 3 is 2.75 bits per heavy atom. The molecule has 1 aliphatic carbocycles.